The molecule has 3 aromatic rings. The molecule has 0 aliphatic rings. The molecule has 6 heteroatoms. The second kappa shape index (κ2) is 5.76. The Bertz CT molecular complexity index is 703. The third-order valence-electron chi connectivity index (χ3n) is 2.86. The largest absolute Gasteiger partial charge is 0.364 e. The number of nitrogens with one attached hydrogen (secondary N) is 2. The van der Waals surface area contributed by atoms with Gasteiger partial charge in [0.25, 0.3) is 0 Å². The minimum atomic E-state index is 0.690. The fourth-order valence-corrected chi connectivity index (χ4v) is 3.52. The van der Waals surface area contributed by atoms with Gasteiger partial charge in [0.1, 0.15) is 10.6 Å². The van der Waals surface area contributed by atoms with E-state index in [1.165, 1.54) is 9.75 Å². The summed E-state index contributed by atoms with van der Waals surface area (Å²) in [4.78, 5) is 12.7. The summed E-state index contributed by atoms with van der Waals surface area (Å²) in [7, 11) is 0. The minimum absolute atomic E-state index is 0.690. The number of rotatable bonds is 5. The van der Waals surface area contributed by atoms with Gasteiger partial charge in [0.05, 0.1) is 11.9 Å². The summed E-state index contributed by atoms with van der Waals surface area (Å²) >= 11 is 3.45. The van der Waals surface area contributed by atoms with Crippen LogP contribution in [-0.2, 0) is 6.54 Å². The lowest BCUT2D eigenvalue weighted by Crippen LogP contribution is -2.06. The van der Waals surface area contributed by atoms with Crippen molar-refractivity contribution in [2.75, 3.05) is 17.2 Å². The smallest absolute Gasteiger partial charge is 0.226 e. The zero-order chi connectivity index (χ0) is 13.9. The van der Waals surface area contributed by atoms with E-state index in [4.69, 9.17) is 0 Å². The Morgan fingerprint density at radius 3 is 2.90 bits per heavy atom. The Hall–Kier alpha value is -1.66. The summed E-state index contributed by atoms with van der Waals surface area (Å²) in [6.07, 6.45) is 0. The van der Waals surface area contributed by atoms with E-state index in [-0.39, 0.29) is 0 Å². The van der Waals surface area contributed by atoms with E-state index >= 15 is 0 Å². The SMILES string of the molecule is CCNc1nc(NCc2cccs2)c2cc(C)sc2n1. The van der Waals surface area contributed by atoms with E-state index < -0.39 is 0 Å². The van der Waals surface area contributed by atoms with Crippen molar-refractivity contribution in [1.29, 1.82) is 0 Å². The van der Waals surface area contributed by atoms with Crippen LogP contribution in [0.15, 0.2) is 23.6 Å². The first kappa shape index (κ1) is 13.3. The van der Waals surface area contributed by atoms with Gasteiger partial charge in [-0.1, -0.05) is 6.07 Å². The van der Waals surface area contributed by atoms with Gasteiger partial charge < -0.3 is 10.6 Å². The predicted octanol–water partition coefficient (Wildman–Crippen LogP) is 4.11. The molecule has 104 valence electrons. The van der Waals surface area contributed by atoms with Gasteiger partial charge in [-0.3, -0.25) is 0 Å². The van der Waals surface area contributed by atoms with Crippen molar-refractivity contribution in [2.45, 2.75) is 20.4 Å². The molecule has 0 radical (unpaired) electrons. The molecule has 0 aliphatic carbocycles. The first-order chi connectivity index (χ1) is 9.76. The fourth-order valence-electron chi connectivity index (χ4n) is 2.00. The lowest BCUT2D eigenvalue weighted by molar-refractivity contribution is 1.09. The Labute approximate surface area is 125 Å². The molecule has 0 unspecified atom stereocenters. The fraction of sp³-hybridized carbons (Fsp3) is 0.286. The molecule has 0 atom stereocenters. The Balaban J connectivity index is 1.93. The molecule has 0 amide bonds. The van der Waals surface area contributed by atoms with Crippen LogP contribution < -0.4 is 10.6 Å². The standard InChI is InChI=1S/C14H16N4S2/c1-3-15-14-17-12(16-8-10-5-4-6-19-10)11-7-9(2)20-13(11)18-14/h4-7H,3,8H2,1-2H3,(H2,15,16,17,18). The van der Waals surface area contributed by atoms with Crippen LogP contribution in [0.3, 0.4) is 0 Å². The average molecular weight is 304 g/mol. The summed E-state index contributed by atoms with van der Waals surface area (Å²) in [5, 5.41) is 9.81. The molecular formula is C14H16N4S2. The Kier molecular flexibility index (Phi) is 3.84. The summed E-state index contributed by atoms with van der Waals surface area (Å²) in [5.41, 5.74) is 0. The molecule has 4 nitrogen and oxygen atoms in total. The van der Waals surface area contributed by atoms with Crippen LogP contribution in [0.5, 0.6) is 0 Å². The number of anilines is 2. The van der Waals surface area contributed by atoms with Crippen molar-refractivity contribution in [3.8, 4) is 0 Å². The number of fused-ring (bicyclic) bond motifs is 1. The maximum atomic E-state index is 4.58. The lowest BCUT2D eigenvalue weighted by atomic mass is 10.3. The van der Waals surface area contributed by atoms with Gasteiger partial charge in [-0.15, -0.1) is 22.7 Å². The first-order valence-electron chi connectivity index (χ1n) is 6.54. The van der Waals surface area contributed by atoms with Gasteiger partial charge in [-0.05, 0) is 31.4 Å². The second-order valence-corrected chi connectivity index (χ2v) is 6.70. The number of nitrogens with zero attached hydrogens (tertiary/aromatic N) is 2. The van der Waals surface area contributed by atoms with Crippen molar-refractivity contribution < 1.29 is 0 Å². The molecule has 3 rings (SSSR count). The molecule has 0 spiro atoms. The highest BCUT2D eigenvalue weighted by atomic mass is 32.1. The monoisotopic (exact) mass is 304 g/mol. The quantitative estimate of drug-likeness (QED) is 0.745. The molecule has 0 aliphatic heterocycles. The number of thiophene rings is 2. The molecule has 2 N–H and O–H groups in total. The van der Waals surface area contributed by atoms with E-state index in [2.05, 4.69) is 51.1 Å². The summed E-state index contributed by atoms with van der Waals surface area (Å²) < 4.78 is 0. The highest BCUT2D eigenvalue weighted by Gasteiger charge is 2.10. The second-order valence-electron chi connectivity index (χ2n) is 4.43. The third-order valence-corrected chi connectivity index (χ3v) is 4.68. The zero-order valence-corrected chi connectivity index (χ0v) is 13.1. The van der Waals surface area contributed by atoms with Crippen LogP contribution in [0.2, 0.25) is 0 Å². The first-order valence-corrected chi connectivity index (χ1v) is 8.24. The van der Waals surface area contributed by atoms with Crippen molar-refractivity contribution in [1.82, 2.24) is 9.97 Å². The molecule has 3 aromatic heterocycles. The number of hydrogen-bond donors (Lipinski definition) is 2. The zero-order valence-electron chi connectivity index (χ0n) is 11.4. The van der Waals surface area contributed by atoms with Gasteiger partial charge in [-0.2, -0.15) is 4.98 Å². The Morgan fingerprint density at radius 2 is 2.15 bits per heavy atom. The van der Waals surface area contributed by atoms with Crippen molar-refractivity contribution >= 4 is 44.7 Å². The van der Waals surface area contributed by atoms with Crippen LogP contribution >= 0.6 is 22.7 Å². The predicted molar refractivity (Wildman–Crippen MR) is 88.0 cm³/mol. The molecule has 0 aromatic carbocycles. The van der Waals surface area contributed by atoms with Crippen molar-refractivity contribution in [3.63, 3.8) is 0 Å². The van der Waals surface area contributed by atoms with Gasteiger partial charge in [-0.25, -0.2) is 4.98 Å². The van der Waals surface area contributed by atoms with Gasteiger partial charge in [0, 0.05) is 16.3 Å². The number of aryl methyl sites for hydroxylation is 1. The molecule has 3 heterocycles. The minimum Gasteiger partial charge on any atom is -0.364 e. The van der Waals surface area contributed by atoms with E-state index in [0.29, 0.717) is 5.95 Å². The summed E-state index contributed by atoms with van der Waals surface area (Å²) in [6.45, 7) is 5.76. The van der Waals surface area contributed by atoms with Crippen LogP contribution in [0, 0.1) is 6.92 Å². The molecule has 0 bridgehead atoms. The molecule has 0 saturated heterocycles. The molecule has 0 fully saturated rings. The highest BCUT2D eigenvalue weighted by Crippen LogP contribution is 2.30. The van der Waals surface area contributed by atoms with Crippen molar-refractivity contribution in [2.24, 2.45) is 0 Å². The van der Waals surface area contributed by atoms with E-state index in [1.807, 2.05) is 6.92 Å². The van der Waals surface area contributed by atoms with Gasteiger partial charge >= 0.3 is 0 Å². The van der Waals surface area contributed by atoms with E-state index in [9.17, 15) is 0 Å². The van der Waals surface area contributed by atoms with Gasteiger partial charge in [0.15, 0.2) is 0 Å². The van der Waals surface area contributed by atoms with Crippen molar-refractivity contribution in [3.05, 3.63) is 33.3 Å². The topological polar surface area (TPSA) is 49.8 Å². The normalized spacial score (nSPS) is 10.9. The number of aromatic nitrogens is 2. The molecule has 20 heavy (non-hydrogen) atoms. The van der Waals surface area contributed by atoms with Gasteiger partial charge in [0.2, 0.25) is 5.95 Å². The lowest BCUT2D eigenvalue weighted by Gasteiger charge is -2.08. The molecular weight excluding hydrogens is 288 g/mol. The third kappa shape index (κ3) is 2.76. The highest BCUT2D eigenvalue weighted by molar-refractivity contribution is 7.18. The number of hydrogen-bond acceptors (Lipinski definition) is 6. The van der Waals surface area contributed by atoms with E-state index in [1.54, 1.807) is 22.7 Å². The maximum Gasteiger partial charge on any atom is 0.226 e. The van der Waals surface area contributed by atoms with Crippen LogP contribution in [0.4, 0.5) is 11.8 Å². The van der Waals surface area contributed by atoms with Crippen LogP contribution in [0.1, 0.15) is 16.7 Å². The Morgan fingerprint density at radius 1 is 1.25 bits per heavy atom. The van der Waals surface area contributed by atoms with E-state index in [0.717, 1.165) is 29.1 Å². The van der Waals surface area contributed by atoms with Crippen LogP contribution in [-0.4, -0.2) is 16.5 Å². The summed E-state index contributed by atoms with van der Waals surface area (Å²) in [6, 6.07) is 6.34. The molecule has 0 saturated carbocycles. The van der Waals surface area contributed by atoms with Crippen LogP contribution in [0.25, 0.3) is 10.2 Å². The average Bonchev–Trinajstić information content (AvgIpc) is 3.04. The maximum absolute atomic E-state index is 4.58. The summed E-state index contributed by atoms with van der Waals surface area (Å²) in [5.74, 6) is 1.60.